The molecule has 1 saturated heterocycles. The Balaban J connectivity index is 0.00000160. The first-order valence-electron chi connectivity index (χ1n) is 9.69. The van der Waals surface area contributed by atoms with Crippen molar-refractivity contribution in [3.05, 3.63) is 76.8 Å². The van der Waals surface area contributed by atoms with Gasteiger partial charge in [-0.3, -0.25) is 19.1 Å². The zero-order valence-corrected chi connectivity index (χ0v) is 19.4. The highest BCUT2D eigenvalue weighted by Gasteiger charge is 2.21. The summed E-state index contributed by atoms with van der Waals surface area (Å²) in [5.74, 6) is 0.501. The van der Waals surface area contributed by atoms with Gasteiger partial charge in [0.2, 0.25) is 5.91 Å². The number of carbonyl (C=O) groups is 1. The molecular formula is C22H27Cl3N4O2. The van der Waals surface area contributed by atoms with Crippen LogP contribution in [0.4, 0.5) is 0 Å². The summed E-state index contributed by atoms with van der Waals surface area (Å²) in [5.41, 5.74) is 1.90. The predicted octanol–water partition coefficient (Wildman–Crippen LogP) is 3.62. The Kier molecular flexibility index (Phi) is 11.0. The summed E-state index contributed by atoms with van der Waals surface area (Å²) in [7, 11) is 0. The summed E-state index contributed by atoms with van der Waals surface area (Å²) in [6.45, 7) is 2.31. The smallest absolute Gasteiger partial charge is 0.262 e. The number of para-hydroxylation sites is 1. The molecule has 168 valence electrons. The molecule has 0 radical (unpaired) electrons. The number of rotatable bonds is 5. The monoisotopic (exact) mass is 484 g/mol. The fraction of sp³-hybridized carbons (Fsp3) is 0.318. The molecule has 1 N–H and O–H groups in total. The first kappa shape index (κ1) is 26.9. The van der Waals surface area contributed by atoms with Crippen LogP contribution in [0.15, 0.2) is 65.7 Å². The van der Waals surface area contributed by atoms with Crippen LogP contribution in [0.25, 0.3) is 10.9 Å². The van der Waals surface area contributed by atoms with Crippen LogP contribution in [0.2, 0.25) is 0 Å². The van der Waals surface area contributed by atoms with E-state index < -0.39 is 0 Å². The molecule has 1 aromatic heterocycles. The van der Waals surface area contributed by atoms with Crippen molar-refractivity contribution >= 4 is 54.0 Å². The molecule has 1 amide bonds. The van der Waals surface area contributed by atoms with E-state index in [-0.39, 0.29) is 55.4 Å². The number of benzene rings is 2. The fourth-order valence-electron chi connectivity index (χ4n) is 3.80. The van der Waals surface area contributed by atoms with Gasteiger partial charge in [0.25, 0.3) is 5.56 Å². The van der Waals surface area contributed by atoms with Gasteiger partial charge >= 0.3 is 0 Å². The Labute approximate surface area is 200 Å². The van der Waals surface area contributed by atoms with Crippen LogP contribution >= 0.6 is 37.2 Å². The first-order valence-corrected chi connectivity index (χ1v) is 9.69. The van der Waals surface area contributed by atoms with Crippen molar-refractivity contribution in [3.63, 3.8) is 0 Å². The van der Waals surface area contributed by atoms with Gasteiger partial charge in [-0.1, -0.05) is 42.5 Å². The number of hydrogen-bond donors (Lipinski definition) is 1. The van der Waals surface area contributed by atoms with Crippen LogP contribution in [0.1, 0.15) is 24.3 Å². The highest BCUT2D eigenvalue weighted by atomic mass is 35.5. The van der Waals surface area contributed by atoms with Crippen LogP contribution in [-0.2, 0) is 11.5 Å². The van der Waals surface area contributed by atoms with Gasteiger partial charge in [0.05, 0.1) is 30.4 Å². The average Bonchev–Trinajstić information content (AvgIpc) is 2.75. The summed E-state index contributed by atoms with van der Waals surface area (Å²) in [4.78, 5) is 31.2. The summed E-state index contributed by atoms with van der Waals surface area (Å²) in [6.07, 6.45) is 3.60. The molecule has 0 spiro atoms. The lowest BCUT2D eigenvalue weighted by molar-refractivity contribution is -0.123. The lowest BCUT2D eigenvalue weighted by Crippen LogP contribution is -2.42. The maximum atomic E-state index is 12.5. The molecule has 2 aromatic carbocycles. The van der Waals surface area contributed by atoms with Gasteiger partial charge < -0.3 is 5.32 Å². The number of aromatic nitrogens is 2. The molecule has 9 heteroatoms. The highest BCUT2D eigenvalue weighted by Crippen LogP contribution is 2.27. The fourth-order valence-corrected chi connectivity index (χ4v) is 3.80. The minimum Gasteiger partial charge on any atom is -0.337 e. The van der Waals surface area contributed by atoms with Crippen molar-refractivity contribution in [3.8, 4) is 0 Å². The number of hydrogen-bond acceptors (Lipinski definition) is 4. The van der Waals surface area contributed by atoms with Crippen molar-refractivity contribution < 1.29 is 4.79 Å². The Bertz CT molecular complexity index is 1020. The summed E-state index contributed by atoms with van der Waals surface area (Å²) >= 11 is 0. The summed E-state index contributed by atoms with van der Waals surface area (Å²) < 4.78 is 1.43. The third-order valence-electron chi connectivity index (χ3n) is 5.40. The van der Waals surface area contributed by atoms with E-state index in [2.05, 4.69) is 39.5 Å². The van der Waals surface area contributed by atoms with Gasteiger partial charge in [-0.15, -0.1) is 37.2 Å². The third-order valence-corrected chi connectivity index (χ3v) is 5.40. The van der Waals surface area contributed by atoms with Gasteiger partial charge in [0, 0.05) is 0 Å². The topological polar surface area (TPSA) is 67.2 Å². The zero-order valence-electron chi connectivity index (χ0n) is 17.0. The predicted molar refractivity (Wildman–Crippen MR) is 131 cm³/mol. The van der Waals surface area contributed by atoms with Crippen LogP contribution in [0, 0.1) is 0 Å². The molecule has 4 rings (SSSR count). The zero-order chi connectivity index (χ0) is 19.3. The number of carbonyl (C=O) groups excluding carboxylic acids is 1. The van der Waals surface area contributed by atoms with Crippen LogP contribution in [-0.4, -0.2) is 40.0 Å². The van der Waals surface area contributed by atoms with Gasteiger partial charge in [0.1, 0.15) is 0 Å². The van der Waals surface area contributed by atoms with Crippen molar-refractivity contribution in [2.75, 3.05) is 19.6 Å². The molecule has 1 aliphatic rings. The van der Waals surface area contributed by atoms with Crippen LogP contribution in [0.5, 0.6) is 0 Å². The maximum absolute atomic E-state index is 12.5. The molecule has 0 unspecified atom stereocenters. The molecule has 6 nitrogen and oxygen atoms in total. The van der Waals surface area contributed by atoms with E-state index in [9.17, 15) is 9.59 Å². The lowest BCUT2D eigenvalue weighted by Gasteiger charge is -2.31. The Morgan fingerprint density at radius 3 is 2.32 bits per heavy atom. The Morgan fingerprint density at radius 2 is 1.61 bits per heavy atom. The largest absolute Gasteiger partial charge is 0.337 e. The summed E-state index contributed by atoms with van der Waals surface area (Å²) in [6, 6.07) is 17.8. The molecular weight excluding hydrogens is 459 g/mol. The number of nitrogens with zero attached hydrogens (tertiary/aromatic N) is 3. The number of nitrogens with one attached hydrogen (secondary N) is 1. The Morgan fingerprint density at radius 1 is 0.968 bits per heavy atom. The van der Waals surface area contributed by atoms with Crippen molar-refractivity contribution in [2.45, 2.75) is 25.4 Å². The van der Waals surface area contributed by atoms with Crippen molar-refractivity contribution in [2.24, 2.45) is 0 Å². The van der Waals surface area contributed by atoms with Gasteiger partial charge in [0.15, 0.2) is 0 Å². The summed E-state index contributed by atoms with van der Waals surface area (Å²) in [5, 5.41) is 3.39. The SMILES string of the molecule is Cl.Cl.Cl.O=C(CN1CCC(c2ccccc2)CC1)NCn1cnc2ccccc2c1=O. The van der Waals surface area contributed by atoms with Gasteiger partial charge in [-0.25, -0.2) is 4.98 Å². The van der Waals surface area contributed by atoms with Gasteiger partial charge in [-0.05, 0) is 49.5 Å². The van der Waals surface area contributed by atoms with Crippen LogP contribution < -0.4 is 10.9 Å². The number of halogens is 3. The van der Waals surface area contributed by atoms with E-state index >= 15 is 0 Å². The Hall–Kier alpha value is -2.12. The number of amides is 1. The molecule has 0 atom stereocenters. The molecule has 31 heavy (non-hydrogen) atoms. The van der Waals surface area contributed by atoms with E-state index in [0.29, 0.717) is 23.4 Å². The normalized spacial score (nSPS) is 14.1. The van der Waals surface area contributed by atoms with Crippen molar-refractivity contribution in [1.29, 1.82) is 0 Å². The average molecular weight is 486 g/mol. The standard InChI is InChI=1S/C22H24N4O2.3ClH/c27-21(14-25-12-10-18(11-13-25)17-6-2-1-3-7-17)24-16-26-15-23-20-9-5-4-8-19(20)22(26)28;;;/h1-9,15,18H,10-14,16H2,(H,24,27);3*1H. The number of likely N-dealkylation sites (tertiary alicyclic amines) is 1. The molecule has 0 saturated carbocycles. The molecule has 2 heterocycles. The number of piperidine rings is 1. The third kappa shape index (κ3) is 6.68. The first-order chi connectivity index (χ1) is 13.7. The molecule has 1 aliphatic heterocycles. The minimum atomic E-state index is -0.144. The minimum absolute atomic E-state index is 0. The van der Waals surface area contributed by atoms with E-state index in [1.807, 2.05) is 18.2 Å². The van der Waals surface area contributed by atoms with Gasteiger partial charge in [-0.2, -0.15) is 0 Å². The second-order valence-electron chi connectivity index (χ2n) is 7.26. The second-order valence-corrected chi connectivity index (χ2v) is 7.26. The number of fused-ring (bicyclic) bond motifs is 1. The van der Waals surface area contributed by atoms with Crippen LogP contribution in [0.3, 0.4) is 0 Å². The molecule has 1 fully saturated rings. The van der Waals surface area contributed by atoms with E-state index in [4.69, 9.17) is 0 Å². The van der Waals surface area contributed by atoms with E-state index in [0.717, 1.165) is 25.9 Å². The van der Waals surface area contributed by atoms with E-state index in [1.54, 1.807) is 12.1 Å². The van der Waals surface area contributed by atoms with Crippen molar-refractivity contribution in [1.82, 2.24) is 19.8 Å². The second kappa shape index (κ2) is 12.7. The molecule has 3 aromatic rings. The molecule has 0 aliphatic carbocycles. The quantitative estimate of drug-likeness (QED) is 0.599. The molecule has 0 bridgehead atoms. The maximum Gasteiger partial charge on any atom is 0.262 e. The highest BCUT2D eigenvalue weighted by molar-refractivity contribution is 5.86. The lowest BCUT2D eigenvalue weighted by atomic mass is 9.89. The van der Waals surface area contributed by atoms with E-state index in [1.165, 1.54) is 16.5 Å².